The largest absolute Gasteiger partial charge is 0.494 e. The Labute approximate surface area is 78.8 Å². The second kappa shape index (κ2) is 3.95. The van der Waals surface area contributed by atoms with Crippen molar-refractivity contribution in [2.45, 2.75) is 20.8 Å². The Bertz CT molecular complexity index is 327. The van der Waals surface area contributed by atoms with E-state index in [4.69, 9.17) is 10.00 Å². The number of nitrogens with zero attached hydrogens (tertiary/aromatic N) is 1. The van der Waals surface area contributed by atoms with Crippen LogP contribution in [-0.4, -0.2) is 6.61 Å². The zero-order chi connectivity index (χ0) is 9.84. The van der Waals surface area contributed by atoms with Gasteiger partial charge >= 0.3 is 0 Å². The normalized spacial score (nSPS) is 9.38. The van der Waals surface area contributed by atoms with Crippen LogP contribution in [0.4, 0.5) is 0 Å². The van der Waals surface area contributed by atoms with Gasteiger partial charge in [-0.05, 0) is 44.0 Å². The van der Waals surface area contributed by atoms with Gasteiger partial charge in [-0.1, -0.05) is 0 Å². The van der Waals surface area contributed by atoms with Gasteiger partial charge in [0, 0.05) is 0 Å². The van der Waals surface area contributed by atoms with Crippen molar-refractivity contribution in [1.82, 2.24) is 0 Å². The molecule has 0 aliphatic carbocycles. The molecule has 0 spiro atoms. The van der Waals surface area contributed by atoms with Crippen LogP contribution >= 0.6 is 0 Å². The summed E-state index contributed by atoms with van der Waals surface area (Å²) in [5, 5.41) is 8.83. The first-order valence-corrected chi connectivity index (χ1v) is 4.33. The molecule has 68 valence electrons. The van der Waals surface area contributed by atoms with E-state index in [0.29, 0.717) is 6.61 Å². The highest BCUT2D eigenvalue weighted by molar-refractivity contribution is 5.47. The second-order valence-electron chi connectivity index (χ2n) is 2.98. The molecule has 0 fully saturated rings. The lowest BCUT2D eigenvalue weighted by Crippen LogP contribution is -1.95. The Hall–Kier alpha value is -1.49. The number of hydrogen-bond acceptors (Lipinski definition) is 2. The van der Waals surface area contributed by atoms with Crippen LogP contribution in [0, 0.1) is 25.2 Å². The molecule has 0 radical (unpaired) electrons. The van der Waals surface area contributed by atoms with Gasteiger partial charge in [-0.3, -0.25) is 0 Å². The van der Waals surface area contributed by atoms with Crippen molar-refractivity contribution in [3.63, 3.8) is 0 Å². The van der Waals surface area contributed by atoms with Gasteiger partial charge in [0.25, 0.3) is 0 Å². The first-order valence-electron chi connectivity index (χ1n) is 4.33. The molecule has 0 saturated heterocycles. The Balaban J connectivity index is 3.14. The van der Waals surface area contributed by atoms with E-state index in [1.165, 1.54) is 0 Å². The highest BCUT2D eigenvalue weighted by atomic mass is 16.5. The van der Waals surface area contributed by atoms with Crippen LogP contribution in [0.3, 0.4) is 0 Å². The maximum Gasteiger partial charge on any atom is 0.119 e. The Morgan fingerprint density at radius 2 is 1.85 bits per heavy atom. The summed E-state index contributed by atoms with van der Waals surface area (Å²) in [7, 11) is 0. The minimum Gasteiger partial charge on any atom is -0.494 e. The van der Waals surface area contributed by atoms with Gasteiger partial charge in [-0.2, -0.15) is 5.26 Å². The molecule has 2 nitrogen and oxygen atoms in total. The Morgan fingerprint density at radius 1 is 1.31 bits per heavy atom. The van der Waals surface area contributed by atoms with Crippen molar-refractivity contribution in [3.8, 4) is 11.8 Å². The summed E-state index contributed by atoms with van der Waals surface area (Å²) in [5.41, 5.74) is 2.71. The third kappa shape index (κ3) is 2.00. The fraction of sp³-hybridized carbons (Fsp3) is 0.364. The molecule has 0 amide bonds. The minimum absolute atomic E-state index is 0.658. The molecule has 1 aromatic carbocycles. The number of hydrogen-bond donors (Lipinski definition) is 0. The topological polar surface area (TPSA) is 33.0 Å². The SMILES string of the molecule is CCOc1cc(C)c(C#N)c(C)c1. The molecule has 13 heavy (non-hydrogen) atoms. The maximum atomic E-state index is 8.83. The minimum atomic E-state index is 0.658. The molecule has 0 aromatic heterocycles. The zero-order valence-corrected chi connectivity index (χ0v) is 8.22. The fourth-order valence-electron chi connectivity index (χ4n) is 1.35. The van der Waals surface area contributed by atoms with Gasteiger partial charge in [0.15, 0.2) is 0 Å². The summed E-state index contributed by atoms with van der Waals surface area (Å²) in [6.45, 7) is 6.45. The van der Waals surface area contributed by atoms with Crippen molar-refractivity contribution < 1.29 is 4.74 Å². The van der Waals surface area contributed by atoms with Crippen LogP contribution < -0.4 is 4.74 Å². The lowest BCUT2D eigenvalue weighted by molar-refractivity contribution is 0.340. The average molecular weight is 175 g/mol. The predicted octanol–water partition coefficient (Wildman–Crippen LogP) is 2.57. The molecule has 0 heterocycles. The predicted molar refractivity (Wildman–Crippen MR) is 51.8 cm³/mol. The first-order chi connectivity index (χ1) is 6.19. The van der Waals surface area contributed by atoms with Gasteiger partial charge in [-0.25, -0.2) is 0 Å². The van der Waals surface area contributed by atoms with E-state index < -0.39 is 0 Å². The molecule has 0 saturated carbocycles. The number of nitriles is 1. The third-order valence-corrected chi connectivity index (χ3v) is 1.93. The maximum absolute atomic E-state index is 8.83. The second-order valence-corrected chi connectivity index (χ2v) is 2.98. The van der Waals surface area contributed by atoms with Gasteiger partial charge < -0.3 is 4.74 Å². The van der Waals surface area contributed by atoms with Gasteiger partial charge in [0.05, 0.1) is 18.2 Å². The third-order valence-electron chi connectivity index (χ3n) is 1.93. The molecule has 0 bridgehead atoms. The van der Waals surface area contributed by atoms with Crippen LogP contribution in [0.25, 0.3) is 0 Å². The quantitative estimate of drug-likeness (QED) is 0.692. The average Bonchev–Trinajstić information content (AvgIpc) is 2.04. The summed E-state index contributed by atoms with van der Waals surface area (Å²) in [5.74, 6) is 0.844. The molecular weight excluding hydrogens is 162 g/mol. The van der Waals surface area contributed by atoms with E-state index in [2.05, 4.69) is 6.07 Å². The zero-order valence-electron chi connectivity index (χ0n) is 8.22. The lowest BCUT2D eigenvalue weighted by atomic mass is 10.0. The highest BCUT2D eigenvalue weighted by Crippen LogP contribution is 2.20. The summed E-state index contributed by atoms with van der Waals surface area (Å²) >= 11 is 0. The fourth-order valence-corrected chi connectivity index (χ4v) is 1.35. The number of benzene rings is 1. The van der Waals surface area contributed by atoms with Crippen LogP contribution in [-0.2, 0) is 0 Å². The van der Waals surface area contributed by atoms with Crippen molar-refractivity contribution in [1.29, 1.82) is 5.26 Å². The van der Waals surface area contributed by atoms with E-state index in [1.807, 2.05) is 32.9 Å². The first kappa shape index (κ1) is 9.60. The van der Waals surface area contributed by atoms with E-state index in [9.17, 15) is 0 Å². The van der Waals surface area contributed by atoms with Crippen LogP contribution in [0.15, 0.2) is 12.1 Å². The molecule has 0 N–H and O–H groups in total. The molecule has 1 rings (SSSR count). The number of aryl methyl sites for hydroxylation is 2. The van der Waals surface area contributed by atoms with Crippen molar-refractivity contribution in [2.24, 2.45) is 0 Å². The van der Waals surface area contributed by atoms with Crippen LogP contribution in [0.2, 0.25) is 0 Å². The molecule has 0 aliphatic heterocycles. The lowest BCUT2D eigenvalue weighted by Gasteiger charge is -2.07. The smallest absolute Gasteiger partial charge is 0.119 e. The van der Waals surface area contributed by atoms with Crippen LogP contribution in [0.5, 0.6) is 5.75 Å². The van der Waals surface area contributed by atoms with E-state index in [0.717, 1.165) is 22.4 Å². The van der Waals surface area contributed by atoms with Gasteiger partial charge in [-0.15, -0.1) is 0 Å². The van der Waals surface area contributed by atoms with E-state index >= 15 is 0 Å². The number of rotatable bonds is 2. The molecule has 0 aliphatic rings. The molecule has 0 unspecified atom stereocenters. The van der Waals surface area contributed by atoms with E-state index in [-0.39, 0.29) is 0 Å². The van der Waals surface area contributed by atoms with Gasteiger partial charge in [0.1, 0.15) is 5.75 Å². The summed E-state index contributed by atoms with van der Waals surface area (Å²) in [4.78, 5) is 0. The number of ether oxygens (including phenoxy) is 1. The van der Waals surface area contributed by atoms with Crippen molar-refractivity contribution in [2.75, 3.05) is 6.61 Å². The Kier molecular flexibility index (Phi) is 2.92. The van der Waals surface area contributed by atoms with Crippen LogP contribution in [0.1, 0.15) is 23.6 Å². The molecule has 2 heteroatoms. The summed E-state index contributed by atoms with van der Waals surface area (Å²) < 4.78 is 5.36. The van der Waals surface area contributed by atoms with Gasteiger partial charge in [0.2, 0.25) is 0 Å². The highest BCUT2D eigenvalue weighted by Gasteiger charge is 2.04. The molecule has 0 atom stereocenters. The monoisotopic (exact) mass is 175 g/mol. The summed E-state index contributed by atoms with van der Waals surface area (Å²) in [6.07, 6.45) is 0. The standard InChI is InChI=1S/C11H13NO/c1-4-13-10-5-8(2)11(7-12)9(3)6-10/h5-6H,4H2,1-3H3. The van der Waals surface area contributed by atoms with E-state index in [1.54, 1.807) is 0 Å². The molecule has 1 aromatic rings. The Morgan fingerprint density at radius 3 is 2.23 bits per heavy atom. The summed E-state index contributed by atoms with van der Waals surface area (Å²) in [6, 6.07) is 5.97. The molecular formula is C11H13NO. The van der Waals surface area contributed by atoms with Crippen molar-refractivity contribution in [3.05, 3.63) is 28.8 Å². The van der Waals surface area contributed by atoms with Crippen molar-refractivity contribution >= 4 is 0 Å².